The Bertz CT molecular complexity index is 1030. The number of amides is 1. The number of esters is 1. The Morgan fingerprint density at radius 3 is 2.48 bits per heavy atom. The van der Waals surface area contributed by atoms with Crippen molar-refractivity contribution in [3.05, 3.63) is 58.5 Å². The maximum absolute atomic E-state index is 12.7. The molecule has 0 aliphatic carbocycles. The smallest absolute Gasteiger partial charge is 0.338 e. The van der Waals surface area contributed by atoms with Crippen LogP contribution in [0.1, 0.15) is 29.8 Å². The fourth-order valence-corrected chi connectivity index (χ4v) is 3.84. The second-order valence-corrected chi connectivity index (χ2v) is 7.49. The number of likely N-dealkylation sites (N-methyl/N-ethyl adjacent to an activating group) is 1. The summed E-state index contributed by atoms with van der Waals surface area (Å²) in [5.41, 5.74) is 1.92. The first kappa shape index (κ1) is 22.4. The van der Waals surface area contributed by atoms with Crippen LogP contribution in [0.2, 0.25) is 0 Å². The molecule has 0 atom stereocenters. The first-order chi connectivity index (χ1) is 15.0. The molecule has 0 saturated carbocycles. The number of thioether (sulfide) groups is 1. The quantitative estimate of drug-likeness (QED) is 0.466. The number of benzene rings is 2. The molecule has 1 fully saturated rings. The Kier molecular flexibility index (Phi) is 7.36. The number of nitrogens with zero attached hydrogens (tertiary/aromatic N) is 2. The van der Waals surface area contributed by atoms with Crippen LogP contribution in [0.3, 0.4) is 0 Å². The third-order valence-corrected chi connectivity index (χ3v) is 5.45. The highest BCUT2D eigenvalue weighted by Gasteiger charge is 2.30. The second kappa shape index (κ2) is 10.2. The van der Waals surface area contributed by atoms with Gasteiger partial charge in [0.2, 0.25) is 0 Å². The number of carbonyl (C=O) groups excluding carboxylic acids is 2. The van der Waals surface area contributed by atoms with Gasteiger partial charge in [0.1, 0.15) is 0 Å². The molecule has 0 radical (unpaired) electrons. The molecule has 31 heavy (non-hydrogen) atoms. The molecule has 1 aliphatic rings. The number of rotatable bonds is 7. The lowest BCUT2D eigenvalue weighted by molar-refractivity contribution is -0.121. The fourth-order valence-electron chi connectivity index (χ4n) is 2.85. The highest BCUT2D eigenvalue weighted by molar-refractivity contribution is 8.18. The summed E-state index contributed by atoms with van der Waals surface area (Å²) in [5.74, 6) is 0.749. The average Bonchev–Trinajstić information content (AvgIpc) is 3.03. The van der Waals surface area contributed by atoms with E-state index in [1.807, 2.05) is 25.1 Å². The van der Waals surface area contributed by atoms with Crippen LogP contribution < -0.4 is 9.47 Å². The van der Waals surface area contributed by atoms with Gasteiger partial charge in [-0.15, -0.1) is 0 Å². The molecular formula is C23H24N2O5S. The topological polar surface area (TPSA) is 77.4 Å². The standard InChI is InChI=1S/C23H24N2O5S/c1-5-29-18-12-7-15(13-19(18)28-4)14-20-21(26)25(3)23(31-20)24-17-10-8-16(9-11-17)22(27)30-6-2/h7-14H,5-6H2,1-4H3/b20-14+,24-23?. The zero-order valence-corrected chi connectivity index (χ0v) is 18.7. The van der Waals surface area contributed by atoms with Gasteiger partial charge in [-0.2, -0.15) is 0 Å². The van der Waals surface area contributed by atoms with Crippen molar-refractivity contribution in [1.29, 1.82) is 0 Å². The van der Waals surface area contributed by atoms with E-state index in [4.69, 9.17) is 14.2 Å². The average molecular weight is 441 g/mol. The highest BCUT2D eigenvalue weighted by atomic mass is 32.2. The molecule has 2 aromatic rings. The number of methoxy groups -OCH3 is 1. The first-order valence-corrected chi connectivity index (χ1v) is 10.6. The summed E-state index contributed by atoms with van der Waals surface area (Å²) >= 11 is 1.29. The maximum Gasteiger partial charge on any atom is 0.338 e. The Balaban J connectivity index is 1.81. The number of amidine groups is 1. The third-order valence-electron chi connectivity index (χ3n) is 4.39. The summed E-state index contributed by atoms with van der Waals surface area (Å²) in [4.78, 5) is 31.1. The molecule has 0 spiro atoms. The molecule has 8 heteroatoms. The molecule has 1 aliphatic heterocycles. The van der Waals surface area contributed by atoms with Crippen molar-refractivity contribution in [3.8, 4) is 11.5 Å². The minimum atomic E-state index is -0.375. The van der Waals surface area contributed by atoms with Crippen molar-refractivity contribution in [2.45, 2.75) is 13.8 Å². The van der Waals surface area contributed by atoms with Crippen molar-refractivity contribution < 1.29 is 23.8 Å². The zero-order chi connectivity index (χ0) is 22.4. The maximum atomic E-state index is 12.7. The normalized spacial score (nSPS) is 16.1. The Morgan fingerprint density at radius 2 is 1.84 bits per heavy atom. The van der Waals surface area contributed by atoms with Crippen molar-refractivity contribution in [1.82, 2.24) is 4.90 Å². The van der Waals surface area contributed by atoms with E-state index in [-0.39, 0.29) is 11.9 Å². The summed E-state index contributed by atoms with van der Waals surface area (Å²) in [6.45, 7) is 4.53. The van der Waals surface area contributed by atoms with Crippen molar-refractivity contribution in [2.75, 3.05) is 27.4 Å². The summed E-state index contributed by atoms with van der Waals surface area (Å²) in [6, 6.07) is 12.3. The summed E-state index contributed by atoms with van der Waals surface area (Å²) in [6.07, 6.45) is 1.80. The van der Waals surface area contributed by atoms with Crippen LogP contribution >= 0.6 is 11.8 Å². The molecule has 0 aromatic heterocycles. The SMILES string of the molecule is CCOC(=O)c1ccc(N=C2S/C(=C/c3ccc(OCC)c(OC)c3)C(=O)N2C)cc1. The van der Waals surface area contributed by atoms with Gasteiger partial charge in [0, 0.05) is 7.05 Å². The van der Waals surface area contributed by atoms with Crippen LogP contribution in [0.15, 0.2) is 52.4 Å². The van der Waals surface area contributed by atoms with E-state index in [2.05, 4.69) is 4.99 Å². The van der Waals surface area contributed by atoms with Crippen molar-refractivity contribution >= 4 is 40.6 Å². The summed E-state index contributed by atoms with van der Waals surface area (Å²) in [5, 5.41) is 0.554. The molecule has 1 heterocycles. The summed E-state index contributed by atoms with van der Waals surface area (Å²) in [7, 11) is 3.26. The molecule has 7 nitrogen and oxygen atoms in total. The van der Waals surface area contributed by atoms with Gasteiger partial charge < -0.3 is 14.2 Å². The van der Waals surface area contributed by atoms with Crippen LogP contribution in [0.25, 0.3) is 6.08 Å². The van der Waals surface area contributed by atoms with E-state index in [0.29, 0.717) is 46.0 Å². The third kappa shape index (κ3) is 5.27. The molecule has 162 valence electrons. The van der Waals surface area contributed by atoms with Gasteiger partial charge in [-0.1, -0.05) is 6.07 Å². The predicted molar refractivity (Wildman–Crippen MR) is 122 cm³/mol. The fraction of sp³-hybridized carbons (Fsp3) is 0.261. The lowest BCUT2D eigenvalue weighted by atomic mass is 10.2. The molecular weight excluding hydrogens is 416 g/mol. The van der Waals surface area contributed by atoms with Crippen LogP contribution in [0, 0.1) is 0 Å². The first-order valence-electron chi connectivity index (χ1n) is 9.81. The second-order valence-electron chi connectivity index (χ2n) is 6.48. The van der Waals surface area contributed by atoms with Gasteiger partial charge in [-0.25, -0.2) is 9.79 Å². The summed E-state index contributed by atoms with van der Waals surface area (Å²) < 4.78 is 15.9. The molecule has 1 saturated heterocycles. The van der Waals surface area contributed by atoms with E-state index in [9.17, 15) is 9.59 Å². The van der Waals surface area contributed by atoms with Gasteiger partial charge in [-0.05, 0) is 73.6 Å². The van der Waals surface area contributed by atoms with E-state index in [1.54, 1.807) is 51.4 Å². The van der Waals surface area contributed by atoms with Gasteiger partial charge in [0.05, 0.1) is 36.5 Å². The number of aliphatic imine (C=N–C) groups is 1. The molecule has 0 bridgehead atoms. The predicted octanol–water partition coefficient (Wildman–Crippen LogP) is 4.50. The lowest BCUT2D eigenvalue weighted by Crippen LogP contribution is -2.23. The van der Waals surface area contributed by atoms with Crippen LogP contribution in [-0.2, 0) is 9.53 Å². The molecule has 3 rings (SSSR count). The number of ether oxygens (including phenoxy) is 3. The lowest BCUT2D eigenvalue weighted by Gasteiger charge is -2.09. The largest absolute Gasteiger partial charge is 0.493 e. The van der Waals surface area contributed by atoms with E-state index >= 15 is 0 Å². The van der Waals surface area contributed by atoms with E-state index in [0.717, 1.165) is 5.56 Å². The minimum Gasteiger partial charge on any atom is -0.493 e. The highest BCUT2D eigenvalue weighted by Crippen LogP contribution is 2.35. The molecule has 2 aromatic carbocycles. The number of carbonyl (C=O) groups is 2. The van der Waals surface area contributed by atoms with Crippen LogP contribution in [-0.4, -0.2) is 49.3 Å². The Labute approximate surface area is 185 Å². The Hall–Kier alpha value is -3.26. The monoisotopic (exact) mass is 440 g/mol. The van der Waals surface area contributed by atoms with Crippen molar-refractivity contribution in [3.63, 3.8) is 0 Å². The van der Waals surface area contributed by atoms with Crippen LogP contribution in [0.4, 0.5) is 5.69 Å². The van der Waals surface area contributed by atoms with Gasteiger partial charge in [-0.3, -0.25) is 9.69 Å². The van der Waals surface area contributed by atoms with E-state index in [1.165, 1.54) is 16.7 Å². The number of hydrogen-bond acceptors (Lipinski definition) is 7. The van der Waals surface area contributed by atoms with Crippen molar-refractivity contribution in [2.24, 2.45) is 4.99 Å². The van der Waals surface area contributed by atoms with Gasteiger partial charge in [0.25, 0.3) is 5.91 Å². The van der Waals surface area contributed by atoms with Gasteiger partial charge in [0.15, 0.2) is 16.7 Å². The van der Waals surface area contributed by atoms with Crippen LogP contribution in [0.5, 0.6) is 11.5 Å². The Morgan fingerprint density at radius 1 is 1.10 bits per heavy atom. The van der Waals surface area contributed by atoms with E-state index < -0.39 is 0 Å². The van der Waals surface area contributed by atoms with Gasteiger partial charge >= 0.3 is 5.97 Å². The molecule has 0 N–H and O–H groups in total. The molecule has 0 unspecified atom stereocenters. The molecule has 1 amide bonds. The zero-order valence-electron chi connectivity index (χ0n) is 17.9. The number of hydrogen-bond donors (Lipinski definition) is 0. The minimum absolute atomic E-state index is 0.139.